The maximum absolute atomic E-state index is 5.20. The summed E-state index contributed by atoms with van der Waals surface area (Å²) in [5.41, 5.74) is 0. The number of rotatable bonds is 6. The summed E-state index contributed by atoms with van der Waals surface area (Å²) in [6, 6.07) is 9.18. The molecular formula is C16H25NOS. The molecule has 0 spiro atoms. The minimum Gasteiger partial charge on any atom is -0.497 e. The molecule has 1 aliphatic carbocycles. The Balaban J connectivity index is 1.83. The van der Waals surface area contributed by atoms with E-state index in [9.17, 15) is 0 Å². The maximum atomic E-state index is 5.20. The fraction of sp³-hybridized carbons (Fsp3) is 0.625. The lowest BCUT2D eigenvalue weighted by Gasteiger charge is -2.29. The molecule has 0 aliphatic heterocycles. The highest BCUT2D eigenvalue weighted by Gasteiger charge is 2.22. The van der Waals surface area contributed by atoms with E-state index in [4.69, 9.17) is 4.74 Å². The number of nitrogens with one attached hydrogen (secondary N) is 1. The second-order valence-electron chi connectivity index (χ2n) is 5.23. The molecule has 0 bridgehead atoms. The van der Waals surface area contributed by atoms with Gasteiger partial charge in [0.25, 0.3) is 0 Å². The van der Waals surface area contributed by atoms with Crippen LogP contribution in [0.15, 0.2) is 29.2 Å². The van der Waals surface area contributed by atoms with Gasteiger partial charge in [0.05, 0.1) is 7.11 Å². The van der Waals surface area contributed by atoms with Crippen LogP contribution >= 0.6 is 11.8 Å². The van der Waals surface area contributed by atoms with E-state index in [-0.39, 0.29) is 0 Å². The van der Waals surface area contributed by atoms with Crippen LogP contribution in [0.4, 0.5) is 0 Å². The van der Waals surface area contributed by atoms with E-state index in [1.165, 1.54) is 37.0 Å². The highest BCUT2D eigenvalue weighted by atomic mass is 32.2. The number of hydrogen-bond acceptors (Lipinski definition) is 3. The summed E-state index contributed by atoms with van der Waals surface area (Å²) >= 11 is 2.03. The normalized spacial score (nSPS) is 23.3. The Bertz CT molecular complexity index is 366. The van der Waals surface area contributed by atoms with E-state index in [0.717, 1.165) is 23.6 Å². The molecule has 1 aromatic rings. The molecule has 0 heterocycles. The molecule has 2 atom stereocenters. The van der Waals surface area contributed by atoms with E-state index in [1.807, 2.05) is 11.8 Å². The van der Waals surface area contributed by atoms with Gasteiger partial charge in [0, 0.05) is 16.2 Å². The predicted molar refractivity (Wildman–Crippen MR) is 83.2 cm³/mol. The molecule has 1 N–H and O–H groups in total. The molecule has 0 amide bonds. The topological polar surface area (TPSA) is 21.3 Å². The zero-order valence-electron chi connectivity index (χ0n) is 12.0. The van der Waals surface area contributed by atoms with E-state index in [2.05, 4.69) is 36.5 Å². The van der Waals surface area contributed by atoms with Crippen molar-refractivity contribution in [1.82, 2.24) is 5.32 Å². The molecule has 0 radical (unpaired) electrons. The lowest BCUT2D eigenvalue weighted by molar-refractivity contribution is 0.381. The first-order valence-electron chi connectivity index (χ1n) is 7.36. The van der Waals surface area contributed by atoms with Crippen molar-refractivity contribution < 1.29 is 4.74 Å². The SMILES string of the molecule is CCCNC1CCCC(Sc2ccc(OC)cc2)C1. The molecule has 2 rings (SSSR count). The van der Waals surface area contributed by atoms with E-state index in [1.54, 1.807) is 7.11 Å². The van der Waals surface area contributed by atoms with Gasteiger partial charge in [-0.3, -0.25) is 0 Å². The summed E-state index contributed by atoms with van der Waals surface area (Å²) in [6.45, 7) is 3.39. The zero-order valence-corrected chi connectivity index (χ0v) is 12.8. The standard InChI is InChI=1S/C16H25NOS/c1-3-11-17-13-5-4-6-16(12-13)19-15-9-7-14(18-2)8-10-15/h7-10,13,16-17H,3-6,11-12H2,1-2H3. The Labute approximate surface area is 121 Å². The molecular weight excluding hydrogens is 254 g/mol. The van der Waals surface area contributed by atoms with Gasteiger partial charge in [0.15, 0.2) is 0 Å². The summed E-state index contributed by atoms with van der Waals surface area (Å²) in [5, 5.41) is 4.43. The number of hydrogen-bond donors (Lipinski definition) is 1. The minimum atomic E-state index is 0.726. The highest BCUT2D eigenvalue weighted by Crippen LogP contribution is 2.34. The Kier molecular flexibility index (Phi) is 6.05. The zero-order chi connectivity index (χ0) is 13.5. The molecule has 2 unspecified atom stereocenters. The van der Waals surface area contributed by atoms with Crippen molar-refractivity contribution in [3.63, 3.8) is 0 Å². The van der Waals surface area contributed by atoms with Crippen molar-refractivity contribution in [2.75, 3.05) is 13.7 Å². The molecule has 1 saturated carbocycles. The largest absolute Gasteiger partial charge is 0.497 e. The lowest BCUT2D eigenvalue weighted by Crippen LogP contribution is -2.35. The first-order chi connectivity index (χ1) is 9.31. The van der Waals surface area contributed by atoms with Crippen LogP contribution in [0.25, 0.3) is 0 Å². The van der Waals surface area contributed by atoms with Crippen LogP contribution in [0.5, 0.6) is 5.75 Å². The van der Waals surface area contributed by atoms with Gasteiger partial charge in [0.2, 0.25) is 0 Å². The van der Waals surface area contributed by atoms with Gasteiger partial charge in [-0.1, -0.05) is 13.3 Å². The molecule has 106 valence electrons. The first kappa shape index (κ1) is 14.7. The summed E-state index contributed by atoms with van der Waals surface area (Å²) < 4.78 is 5.20. The van der Waals surface area contributed by atoms with Crippen LogP contribution in [-0.2, 0) is 0 Å². The third-order valence-electron chi connectivity index (χ3n) is 3.67. The van der Waals surface area contributed by atoms with Crippen molar-refractivity contribution >= 4 is 11.8 Å². The Morgan fingerprint density at radius 2 is 2.05 bits per heavy atom. The fourth-order valence-corrected chi connectivity index (χ4v) is 3.92. The van der Waals surface area contributed by atoms with Crippen molar-refractivity contribution in [2.45, 2.75) is 55.2 Å². The number of benzene rings is 1. The summed E-state index contributed by atoms with van der Waals surface area (Å²) in [4.78, 5) is 1.36. The van der Waals surface area contributed by atoms with Crippen LogP contribution in [0, 0.1) is 0 Å². The van der Waals surface area contributed by atoms with Crippen molar-refractivity contribution in [3.8, 4) is 5.75 Å². The Morgan fingerprint density at radius 1 is 1.26 bits per heavy atom. The molecule has 2 nitrogen and oxygen atoms in total. The van der Waals surface area contributed by atoms with Gasteiger partial charge in [-0.2, -0.15) is 0 Å². The second kappa shape index (κ2) is 7.81. The van der Waals surface area contributed by atoms with Crippen molar-refractivity contribution in [2.24, 2.45) is 0 Å². The summed E-state index contributed by atoms with van der Waals surface area (Å²) in [7, 11) is 1.72. The molecule has 1 aliphatic rings. The fourth-order valence-electron chi connectivity index (χ4n) is 2.63. The summed E-state index contributed by atoms with van der Waals surface area (Å²) in [6.07, 6.45) is 6.58. The van der Waals surface area contributed by atoms with Gasteiger partial charge in [-0.05, 0) is 56.5 Å². The van der Waals surface area contributed by atoms with Gasteiger partial charge >= 0.3 is 0 Å². The maximum Gasteiger partial charge on any atom is 0.118 e. The number of thioether (sulfide) groups is 1. The molecule has 1 aromatic carbocycles. The van der Waals surface area contributed by atoms with Gasteiger partial charge in [-0.15, -0.1) is 11.8 Å². The highest BCUT2D eigenvalue weighted by molar-refractivity contribution is 8.00. The average molecular weight is 279 g/mol. The third kappa shape index (κ3) is 4.73. The molecule has 1 fully saturated rings. The minimum absolute atomic E-state index is 0.726. The Morgan fingerprint density at radius 3 is 2.74 bits per heavy atom. The lowest BCUT2D eigenvalue weighted by atomic mass is 9.95. The molecule has 0 aromatic heterocycles. The predicted octanol–water partition coefficient (Wildman–Crippen LogP) is 4.10. The monoisotopic (exact) mass is 279 g/mol. The summed E-state index contributed by atoms with van der Waals surface area (Å²) in [5.74, 6) is 0.940. The van der Waals surface area contributed by atoms with Crippen LogP contribution in [-0.4, -0.2) is 24.9 Å². The van der Waals surface area contributed by atoms with Crippen LogP contribution < -0.4 is 10.1 Å². The van der Waals surface area contributed by atoms with Crippen molar-refractivity contribution in [1.29, 1.82) is 0 Å². The quantitative estimate of drug-likeness (QED) is 0.847. The molecule has 19 heavy (non-hydrogen) atoms. The van der Waals surface area contributed by atoms with E-state index >= 15 is 0 Å². The average Bonchev–Trinajstić information content (AvgIpc) is 2.46. The van der Waals surface area contributed by atoms with E-state index in [0.29, 0.717) is 0 Å². The van der Waals surface area contributed by atoms with Crippen LogP contribution in [0.2, 0.25) is 0 Å². The van der Waals surface area contributed by atoms with E-state index < -0.39 is 0 Å². The van der Waals surface area contributed by atoms with Gasteiger partial charge in [-0.25, -0.2) is 0 Å². The second-order valence-corrected chi connectivity index (χ2v) is 6.61. The third-order valence-corrected chi connectivity index (χ3v) is 4.98. The van der Waals surface area contributed by atoms with Gasteiger partial charge < -0.3 is 10.1 Å². The molecule has 3 heteroatoms. The van der Waals surface area contributed by atoms with Crippen LogP contribution in [0.1, 0.15) is 39.0 Å². The number of ether oxygens (including phenoxy) is 1. The number of methoxy groups -OCH3 is 1. The smallest absolute Gasteiger partial charge is 0.118 e. The molecule has 0 saturated heterocycles. The van der Waals surface area contributed by atoms with Gasteiger partial charge in [0.1, 0.15) is 5.75 Å². The van der Waals surface area contributed by atoms with Crippen molar-refractivity contribution in [3.05, 3.63) is 24.3 Å². The van der Waals surface area contributed by atoms with Crippen LogP contribution in [0.3, 0.4) is 0 Å². The Hall–Kier alpha value is -0.670. The first-order valence-corrected chi connectivity index (χ1v) is 8.24.